The number of aryl methyl sites for hydroxylation is 1. The molecule has 1 unspecified atom stereocenters. The van der Waals surface area contributed by atoms with Gasteiger partial charge in [-0.3, -0.25) is 4.79 Å². The van der Waals surface area contributed by atoms with Crippen LogP contribution in [0.4, 0.5) is 0 Å². The van der Waals surface area contributed by atoms with E-state index in [1.54, 1.807) is 7.11 Å². The number of ether oxygens (including phenoxy) is 2. The molecule has 22 heavy (non-hydrogen) atoms. The smallest absolute Gasteiger partial charge is 0.220 e. The molecule has 0 spiro atoms. The van der Waals surface area contributed by atoms with Crippen LogP contribution in [-0.2, 0) is 11.2 Å². The van der Waals surface area contributed by atoms with Gasteiger partial charge in [0.05, 0.1) is 13.7 Å². The molecule has 0 fully saturated rings. The summed E-state index contributed by atoms with van der Waals surface area (Å²) in [4.78, 5) is 11.6. The number of amides is 1. The first-order valence-corrected chi connectivity index (χ1v) is 7.88. The van der Waals surface area contributed by atoms with Crippen molar-refractivity contribution in [2.45, 2.75) is 45.6 Å². The number of hydrogen-bond donors (Lipinski definition) is 2. The van der Waals surface area contributed by atoms with Crippen LogP contribution < -0.4 is 20.5 Å². The molecule has 0 aliphatic rings. The second kappa shape index (κ2) is 10.1. The molecule has 1 amide bonds. The molecular formula is C17H28N2O3. The average Bonchev–Trinajstić information content (AvgIpc) is 2.50. The highest BCUT2D eigenvalue weighted by molar-refractivity contribution is 5.75. The quantitative estimate of drug-likeness (QED) is 0.650. The largest absolute Gasteiger partial charge is 0.493 e. The van der Waals surface area contributed by atoms with E-state index in [9.17, 15) is 4.79 Å². The maximum Gasteiger partial charge on any atom is 0.220 e. The molecular weight excluding hydrogens is 280 g/mol. The topological polar surface area (TPSA) is 73.6 Å². The summed E-state index contributed by atoms with van der Waals surface area (Å²) in [5.74, 6) is 1.58. The number of nitrogens with two attached hydrogens (primary N) is 1. The van der Waals surface area contributed by atoms with E-state index in [-0.39, 0.29) is 11.9 Å². The van der Waals surface area contributed by atoms with Gasteiger partial charge in [-0.1, -0.05) is 6.07 Å². The zero-order chi connectivity index (χ0) is 16.4. The van der Waals surface area contributed by atoms with Gasteiger partial charge in [-0.15, -0.1) is 0 Å². The maximum absolute atomic E-state index is 11.6. The van der Waals surface area contributed by atoms with Crippen LogP contribution in [0, 0.1) is 0 Å². The second-order valence-corrected chi connectivity index (χ2v) is 5.39. The van der Waals surface area contributed by atoms with Crippen LogP contribution in [0.3, 0.4) is 0 Å². The van der Waals surface area contributed by atoms with Gasteiger partial charge in [0.15, 0.2) is 11.5 Å². The van der Waals surface area contributed by atoms with Crippen molar-refractivity contribution in [2.75, 3.05) is 20.3 Å². The minimum Gasteiger partial charge on any atom is -0.493 e. The third-order valence-electron chi connectivity index (χ3n) is 3.32. The Morgan fingerprint density at radius 2 is 2.14 bits per heavy atom. The van der Waals surface area contributed by atoms with Crippen molar-refractivity contribution in [3.05, 3.63) is 23.8 Å². The summed E-state index contributed by atoms with van der Waals surface area (Å²) in [6.45, 7) is 5.14. The van der Waals surface area contributed by atoms with Crippen molar-refractivity contribution < 1.29 is 14.3 Å². The number of hydrogen-bond acceptors (Lipinski definition) is 4. The van der Waals surface area contributed by atoms with Crippen molar-refractivity contribution in [3.63, 3.8) is 0 Å². The first kappa shape index (κ1) is 18.3. The fourth-order valence-electron chi connectivity index (χ4n) is 2.11. The lowest BCUT2D eigenvalue weighted by Crippen LogP contribution is -2.26. The zero-order valence-electron chi connectivity index (χ0n) is 13.9. The molecule has 124 valence electrons. The van der Waals surface area contributed by atoms with Crippen LogP contribution in [0.25, 0.3) is 0 Å². The van der Waals surface area contributed by atoms with Gasteiger partial charge >= 0.3 is 0 Å². The van der Waals surface area contributed by atoms with Crippen LogP contribution in [0.15, 0.2) is 18.2 Å². The monoisotopic (exact) mass is 308 g/mol. The summed E-state index contributed by atoms with van der Waals surface area (Å²) in [6.07, 6.45) is 3.00. The highest BCUT2D eigenvalue weighted by Gasteiger charge is 2.06. The Balaban J connectivity index is 2.35. The van der Waals surface area contributed by atoms with Crippen molar-refractivity contribution in [1.82, 2.24) is 5.32 Å². The standard InChI is InChI=1S/C17H28N2O3/c1-4-22-16-12-14(8-9-15(16)21-3)6-5-11-19-17(20)10-7-13(2)18/h8-9,12-13H,4-7,10-11,18H2,1-3H3,(H,19,20). The predicted octanol–water partition coefficient (Wildman–Crippen LogP) is 2.27. The molecule has 0 aliphatic heterocycles. The Hall–Kier alpha value is -1.75. The molecule has 1 aromatic carbocycles. The highest BCUT2D eigenvalue weighted by Crippen LogP contribution is 2.28. The Kier molecular flexibility index (Phi) is 8.36. The Bertz CT molecular complexity index is 461. The van der Waals surface area contributed by atoms with Gasteiger partial charge in [0.2, 0.25) is 5.91 Å². The van der Waals surface area contributed by atoms with Crippen LogP contribution >= 0.6 is 0 Å². The number of nitrogens with one attached hydrogen (secondary N) is 1. The molecule has 3 N–H and O–H groups in total. The number of methoxy groups -OCH3 is 1. The van der Waals surface area contributed by atoms with Crippen molar-refractivity contribution in [2.24, 2.45) is 5.73 Å². The number of rotatable bonds is 10. The summed E-state index contributed by atoms with van der Waals surface area (Å²) in [5, 5.41) is 2.92. The zero-order valence-corrected chi connectivity index (χ0v) is 13.9. The molecule has 0 aromatic heterocycles. The summed E-state index contributed by atoms with van der Waals surface area (Å²) in [6, 6.07) is 6.02. The van der Waals surface area contributed by atoms with Gasteiger partial charge in [0.1, 0.15) is 0 Å². The molecule has 1 aromatic rings. The predicted molar refractivity (Wildman–Crippen MR) is 88.4 cm³/mol. The SMILES string of the molecule is CCOc1cc(CCCNC(=O)CCC(C)N)ccc1OC. The highest BCUT2D eigenvalue weighted by atomic mass is 16.5. The molecule has 0 aliphatic carbocycles. The van der Waals surface area contributed by atoms with Crippen molar-refractivity contribution in [3.8, 4) is 11.5 Å². The van der Waals surface area contributed by atoms with E-state index in [1.807, 2.05) is 32.0 Å². The van der Waals surface area contributed by atoms with Gasteiger partial charge < -0.3 is 20.5 Å². The summed E-state index contributed by atoms with van der Waals surface area (Å²) < 4.78 is 10.8. The molecule has 0 saturated carbocycles. The summed E-state index contributed by atoms with van der Waals surface area (Å²) in [5.41, 5.74) is 6.81. The number of carbonyl (C=O) groups is 1. The van der Waals surface area contributed by atoms with Gasteiger partial charge in [0, 0.05) is 19.0 Å². The van der Waals surface area contributed by atoms with E-state index in [1.165, 1.54) is 5.56 Å². The van der Waals surface area contributed by atoms with E-state index in [4.69, 9.17) is 15.2 Å². The van der Waals surface area contributed by atoms with Gasteiger partial charge in [0.25, 0.3) is 0 Å². The lowest BCUT2D eigenvalue weighted by atomic mass is 10.1. The molecule has 0 bridgehead atoms. The maximum atomic E-state index is 11.6. The molecule has 0 radical (unpaired) electrons. The summed E-state index contributed by atoms with van der Waals surface area (Å²) >= 11 is 0. The van der Waals surface area contributed by atoms with Gasteiger partial charge in [-0.2, -0.15) is 0 Å². The van der Waals surface area contributed by atoms with E-state index in [0.717, 1.165) is 30.8 Å². The second-order valence-electron chi connectivity index (χ2n) is 5.39. The fourth-order valence-corrected chi connectivity index (χ4v) is 2.11. The summed E-state index contributed by atoms with van der Waals surface area (Å²) in [7, 11) is 1.63. The van der Waals surface area contributed by atoms with Crippen molar-refractivity contribution >= 4 is 5.91 Å². The lowest BCUT2D eigenvalue weighted by Gasteiger charge is -2.11. The van der Waals surface area contributed by atoms with E-state index >= 15 is 0 Å². The molecule has 5 nitrogen and oxygen atoms in total. The van der Waals surface area contributed by atoms with Crippen LogP contribution in [-0.4, -0.2) is 32.2 Å². The molecule has 5 heteroatoms. The molecule has 0 saturated heterocycles. The normalized spacial score (nSPS) is 11.8. The number of benzene rings is 1. The van der Waals surface area contributed by atoms with E-state index in [0.29, 0.717) is 19.6 Å². The van der Waals surface area contributed by atoms with E-state index < -0.39 is 0 Å². The van der Waals surface area contributed by atoms with Gasteiger partial charge in [-0.05, 0) is 50.8 Å². The average molecular weight is 308 g/mol. The Morgan fingerprint density at radius 1 is 1.36 bits per heavy atom. The first-order chi connectivity index (χ1) is 10.6. The van der Waals surface area contributed by atoms with Gasteiger partial charge in [-0.25, -0.2) is 0 Å². The van der Waals surface area contributed by atoms with Crippen molar-refractivity contribution in [1.29, 1.82) is 0 Å². The first-order valence-electron chi connectivity index (χ1n) is 7.88. The number of carbonyl (C=O) groups excluding carboxylic acids is 1. The lowest BCUT2D eigenvalue weighted by molar-refractivity contribution is -0.121. The van der Waals surface area contributed by atoms with Crippen LogP contribution in [0.5, 0.6) is 11.5 Å². The molecule has 0 heterocycles. The minimum absolute atomic E-state index is 0.0713. The third-order valence-corrected chi connectivity index (χ3v) is 3.32. The Labute approximate surface area is 133 Å². The minimum atomic E-state index is 0.0713. The molecule has 1 atom stereocenters. The van der Waals surface area contributed by atoms with E-state index in [2.05, 4.69) is 5.32 Å². The molecule has 1 rings (SSSR count). The fraction of sp³-hybridized carbons (Fsp3) is 0.588. The van der Waals surface area contributed by atoms with Crippen LogP contribution in [0.2, 0.25) is 0 Å². The Morgan fingerprint density at radius 3 is 2.77 bits per heavy atom. The third kappa shape index (κ3) is 6.80. The van der Waals surface area contributed by atoms with Crippen LogP contribution in [0.1, 0.15) is 38.7 Å².